The summed E-state index contributed by atoms with van der Waals surface area (Å²) in [6, 6.07) is 0. The van der Waals surface area contributed by atoms with Gasteiger partial charge in [-0.1, -0.05) is 6.92 Å². The number of carbonyl (C=O) groups excluding carboxylic acids is 1. The summed E-state index contributed by atoms with van der Waals surface area (Å²) in [4.78, 5) is 23.0. The Morgan fingerprint density at radius 2 is 2.06 bits per heavy atom. The molecule has 1 aromatic rings. The molecule has 0 spiro atoms. The lowest BCUT2D eigenvalue weighted by Crippen LogP contribution is -2.25. The third-order valence-corrected chi connectivity index (χ3v) is 3.62. The van der Waals surface area contributed by atoms with E-state index in [9.17, 15) is 4.79 Å². The van der Waals surface area contributed by atoms with E-state index >= 15 is 0 Å². The standard InChI is InChI=1S/C13H17N3O/c1-9-6-11-10(12(17)7-9)8-14-13(15-11)16-4-2-3-5-16/h8-9H,2-7H2,1H3. The van der Waals surface area contributed by atoms with E-state index in [2.05, 4.69) is 21.8 Å². The molecule has 4 nitrogen and oxygen atoms in total. The van der Waals surface area contributed by atoms with Crippen LogP contribution in [0.4, 0.5) is 5.95 Å². The minimum atomic E-state index is 0.201. The van der Waals surface area contributed by atoms with E-state index in [-0.39, 0.29) is 5.78 Å². The molecule has 17 heavy (non-hydrogen) atoms. The maximum absolute atomic E-state index is 11.8. The fourth-order valence-electron chi connectivity index (χ4n) is 2.69. The van der Waals surface area contributed by atoms with Gasteiger partial charge in [0.05, 0.1) is 11.3 Å². The lowest BCUT2D eigenvalue weighted by atomic mass is 9.88. The van der Waals surface area contributed by atoms with Crippen LogP contribution < -0.4 is 4.90 Å². The molecule has 1 saturated heterocycles. The second kappa shape index (κ2) is 4.09. The maximum atomic E-state index is 11.8. The first kappa shape index (κ1) is 10.7. The lowest BCUT2D eigenvalue weighted by molar-refractivity contribution is 0.0951. The number of nitrogens with zero attached hydrogens (tertiary/aromatic N) is 3. The third kappa shape index (κ3) is 1.92. The molecule has 0 saturated carbocycles. The topological polar surface area (TPSA) is 46.1 Å². The van der Waals surface area contributed by atoms with Gasteiger partial charge in [0.15, 0.2) is 5.78 Å². The van der Waals surface area contributed by atoms with E-state index in [0.29, 0.717) is 12.3 Å². The van der Waals surface area contributed by atoms with Gasteiger partial charge in [-0.05, 0) is 25.2 Å². The van der Waals surface area contributed by atoms with Crippen molar-refractivity contribution in [2.24, 2.45) is 5.92 Å². The highest BCUT2D eigenvalue weighted by Crippen LogP contribution is 2.25. The minimum Gasteiger partial charge on any atom is -0.341 e. The van der Waals surface area contributed by atoms with Gasteiger partial charge >= 0.3 is 0 Å². The predicted octanol–water partition coefficient (Wildman–Crippen LogP) is 1.84. The fourth-order valence-corrected chi connectivity index (χ4v) is 2.69. The largest absolute Gasteiger partial charge is 0.341 e. The van der Waals surface area contributed by atoms with E-state index in [1.165, 1.54) is 12.8 Å². The van der Waals surface area contributed by atoms with Gasteiger partial charge in [-0.15, -0.1) is 0 Å². The third-order valence-electron chi connectivity index (χ3n) is 3.62. The summed E-state index contributed by atoms with van der Waals surface area (Å²) < 4.78 is 0. The molecular weight excluding hydrogens is 214 g/mol. The Morgan fingerprint density at radius 1 is 1.29 bits per heavy atom. The van der Waals surface area contributed by atoms with Crippen LogP contribution in [0.25, 0.3) is 0 Å². The minimum absolute atomic E-state index is 0.201. The molecule has 1 aliphatic carbocycles. The quantitative estimate of drug-likeness (QED) is 0.740. The van der Waals surface area contributed by atoms with Crippen LogP contribution in [0.5, 0.6) is 0 Å². The van der Waals surface area contributed by atoms with Crippen LogP contribution in [0, 0.1) is 5.92 Å². The van der Waals surface area contributed by atoms with Crippen molar-refractivity contribution in [1.82, 2.24) is 9.97 Å². The Hall–Kier alpha value is -1.45. The number of aromatic nitrogens is 2. The molecule has 0 N–H and O–H groups in total. The average Bonchev–Trinajstić information content (AvgIpc) is 2.81. The van der Waals surface area contributed by atoms with Crippen LogP contribution in [0.15, 0.2) is 6.20 Å². The van der Waals surface area contributed by atoms with E-state index in [1.54, 1.807) is 6.20 Å². The number of ketones is 1. The zero-order valence-electron chi connectivity index (χ0n) is 10.1. The highest BCUT2D eigenvalue weighted by Gasteiger charge is 2.25. The summed E-state index contributed by atoms with van der Waals surface area (Å²) in [5, 5.41) is 0. The monoisotopic (exact) mass is 231 g/mol. The summed E-state index contributed by atoms with van der Waals surface area (Å²) in [6.07, 6.45) is 5.71. The summed E-state index contributed by atoms with van der Waals surface area (Å²) in [7, 11) is 0. The zero-order chi connectivity index (χ0) is 11.8. The summed E-state index contributed by atoms with van der Waals surface area (Å²) >= 11 is 0. The van der Waals surface area contributed by atoms with Crippen LogP contribution in [0.1, 0.15) is 42.2 Å². The van der Waals surface area contributed by atoms with Crippen LogP contribution in [-0.4, -0.2) is 28.8 Å². The molecule has 0 radical (unpaired) electrons. The van der Waals surface area contributed by atoms with E-state index in [0.717, 1.165) is 36.7 Å². The molecule has 1 atom stereocenters. The summed E-state index contributed by atoms with van der Waals surface area (Å²) in [5.74, 6) is 1.42. The normalized spacial score (nSPS) is 23.9. The number of carbonyl (C=O) groups is 1. The number of anilines is 1. The van der Waals surface area contributed by atoms with Crippen LogP contribution in [-0.2, 0) is 6.42 Å². The van der Waals surface area contributed by atoms with Gasteiger partial charge in [0.2, 0.25) is 5.95 Å². The number of hydrogen-bond acceptors (Lipinski definition) is 4. The molecule has 0 bridgehead atoms. The molecule has 2 aliphatic rings. The van der Waals surface area contributed by atoms with Crippen LogP contribution >= 0.6 is 0 Å². The highest BCUT2D eigenvalue weighted by atomic mass is 16.1. The maximum Gasteiger partial charge on any atom is 0.225 e. The molecule has 1 unspecified atom stereocenters. The molecular formula is C13H17N3O. The zero-order valence-corrected chi connectivity index (χ0v) is 10.1. The second-order valence-electron chi connectivity index (χ2n) is 5.16. The van der Waals surface area contributed by atoms with Crippen molar-refractivity contribution in [2.75, 3.05) is 18.0 Å². The van der Waals surface area contributed by atoms with Crippen molar-refractivity contribution >= 4 is 11.7 Å². The van der Waals surface area contributed by atoms with Crippen LogP contribution in [0.2, 0.25) is 0 Å². The van der Waals surface area contributed by atoms with E-state index < -0.39 is 0 Å². The van der Waals surface area contributed by atoms with E-state index in [1.807, 2.05) is 0 Å². The van der Waals surface area contributed by atoms with Gasteiger partial charge < -0.3 is 4.90 Å². The first-order valence-electron chi connectivity index (χ1n) is 6.38. The molecule has 90 valence electrons. The van der Waals surface area contributed by atoms with Crippen LogP contribution in [0.3, 0.4) is 0 Å². The average molecular weight is 231 g/mol. The Morgan fingerprint density at radius 3 is 2.82 bits per heavy atom. The number of fused-ring (bicyclic) bond motifs is 1. The molecule has 0 aromatic carbocycles. The van der Waals surface area contributed by atoms with Gasteiger partial charge in [-0.3, -0.25) is 4.79 Å². The van der Waals surface area contributed by atoms with E-state index in [4.69, 9.17) is 0 Å². The Balaban J connectivity index is 1.94. The molecule has 2 heterocycles. The Labute approximate surface area is 101 Å². The van der Waals surface area contributed by atoms with Crippen molar-refractivity contribution < 1.29 is 4.79 Å². The van der Waals surface area contributed by atoms with Gasteiger partial charge in [0, 0.05) is 25.7 Å². The molecule has 1 aliphatic heterocycles. The molecule has 0 amide bonds. The van der Waals surface area contributed by atoms with Gasteiger partial charge in [0.1, 0.15) is 0 Å². The summed E-state index contributed by atoms with van der Waals surface area (Å²) in [6.45, 7) is 4.20. The predicted molar refractivity (Wildman–Crippen MR) is 65.3 cm³/mol. The number of Topliss-reactive ketones (excluding diaryl/α,β-unsaturated/α-hetero) is 1. The smallest absolute Gasteiger partial charge is 0.225 e. The van der Waals surface area contributed by atoms with Gasteiger partial charge in [0.25, 0.3) is 0 Å². The number of rotatable bonds is 1. The highest BCUT2D eigenvalue weighted by molar-refractivity contribution is 5.98. The first-order valence-corrected chi connectivity index (χ1v) is 6.38. The van der Waals surface area contributed by atoms with Gasteiger partial charge in [-0.25, -0.2) is 9.97 Å². The number of hydrogen-bond donors (Lipinski definition) is 0. The van der Waals surface area contributed by atoms with Crippen molar-refractivity contribution in [3.05, 3.63) is 17.5 Å². The SMILES string of the molecule is CC1CC(=O)c2cnc(N3CCCC3)nc2C1. The first-order chi connectivity index (χ1) is 8.24. The molecule has 1 fully saturated rings. The molecule has 4 heteroatoms. The van der Waals surface area contributed by atoms with Crippen molar-refractivity contribution in [3.8, 4) is 0 Å². The lowest BCUT2D eigenvalue weighted by Gasteiger charge is -2.22. The van der Waals surface area contributed by atoms with Crippen molar-refractivity contribution in [3.63, 3.8) is 0 Å². The molecule has 3 rings (SSSR count). The fraction of sp³-hybridized carbons (Fsp3) is 0.615. The molecule has 1 aromatic heterocycles. The van der Waals surface area contributed by atoms with Crippen molar-refractivity contribution in [1.29, 1.82) is 0 Å². The van der Waals surface area contributed by atoms with Crippen molar-refractivity contribution in [2.45, 2.75) is 32.6 Å². The Bertz CT molecular complexity index is 452. The van der Waals surface area contributed by atoms with Gasteiger partial charge in [-0.2, -0.15) is 0 Å². The second-order valence-corrected chi connectivity index (χ2v) is 5.16. The summed E-state index contributed by atoms with van der Waals surface area (Å²) in [5.41, 5.74) is 1.69. The Kier molecular flexibility index (Phi) is 2.57.